The molecule has 2 rings (SSSR count). The maximum Gasteiger partial charge on any atom is 0.306 e. The normalized spacial score (nSPS) is 18.1. The largest absolute Gasteiger partial charge is 0.461 e. The molecule has 1 aliphatic heterocycles. The van der Waals surface area contributed by atoms with Crippen LogP contribution in [0.4, 0.5) is 0 Å². The molecule has 0 saturated carbocycles. The molecule has 0 aliphatic carbocycles. The molecule has 3 heteroatoms. The van der Waals surface area contributed by atoms with Crippen LogP contribution in [0.25, 0.3) is 0 Å². The minimum Gasteiger partial charge on any atom is -0.461 e. The molecule has 0 aromatic heterocycles. The van der Waals surface area contributed by atoms with Crippen LogP contribution >= 0.6 is 0 Å². The smallest absolute Gasteiger partial charge is 0.306 e. The molecule has 1 heterocycles. The number of hydrogen-bond donors (Lipinski definition) is 0. The highest BCUT2D eigenvalue weighted by atomic mass is 16.6. The number of esters is 1. The standard InChI is InChI=1S/C13H16O3/c14-13(8-4-7-12-10-15-12)16-9-11-5-2-1-3-6-11/h1-3,5-6,12H,4,7-10H2/t12-/m0/s1. The number of benzene rings is 1. The van der Waals surface area contributed by atoms with Crippen LogP contribution in [0.1, 0.15) is 24.8 Å². The van der Waals surface area contributed by atoms with E-state index in [4.69, 9.17) is 9.47 Å². The van der Waals surface area contributed by atoms with Crippen LogP contribution in [0, 0.1) is 0 Å². The molecule has 0 amide bonds. The van der Waals surface area contributed by atoms with E-state index >= 15 is 0 Å². The van der Waals surface area contributed by atoms with Gasteiger partial charge in [0.05, 0.1) is 12.7 Å². The van der Waals surface area contributed by atoms with Gasteiger partial charge in [0.25, 0.3) is 0 Å². The van der Waals surface area contributed by atoms with Crippen LogP contribution in [0.5, 0.6) is 0 Å². The van der Waals surface area contributed by atoms with Crippen LogP contribution < -0.4 is 0 Å². The SMILES string of the molecule is O=C(CCC[C@H]1CO1)OCc1ccccc1. The van der Waals surface area contributed by atoms with Crippen LogP contribution in [0.3, 0.4) is 0 Å². The van der Waals surface area contributed by atoms with Crippen LogP contribution in [-0.4, -0.2) is 18.7 Å². The second-order valence-electron chi connectivity index (χ2n) is 3.99. The summed E-state index contributed by atoms with van der Waals surface area (Å²) in [5, 5.41) is 0. The third-order valence-corrected chi connectivity index (χ3v) is 2.55. The van der Waals surface area contributed by atoms with E-state index in [1.807, 2.05) is 30.3 Å². The van der Waals surface area contributed by atoms with Gasteiger partial charge in [0, 0.05) is 6.42 Å². The first-order valence-electron chi connectivity index (χ1n) is 5.66. The van der Waals surface area contributed by atoms with Crippen molar-refractivity contribution in [2.45, 2.75) is 32.0 Å². The van der Waals surface area contributed by atoms with Gasteiger partial charge in [-0.3, -0.25) is 4.79 Å². The fourth-order valence-corrected chi connectivity index (χ4v) is 1.52. The Morgan fingerprint density at radius 2 is 2.12 bits per heavy atom. The molecule has 1 fully saturated rings. The third kappa shape index (κ3) is 4.03. The van der Waals surface area contributed by atoms with E-state index in [1.165, 1.54) is 0 Å². The van der Waals surface area contributed by atoms with Crippen molar-refractivity contribution in [1.29, 1.82) is 0 Å². The lowest BCUT2D eigenvalue weighted by Crippen LogP contribution is -2.04. The molecule has 86 valence electrons. The van der Waals surface area contributed by atoms with Crippen molar-refractivity contribution in [3.05, 3.63) is 35.9 Å². The van der Waals surface area contributed by atoms with E-state index in [-0.39, 0.29) is 5.97 Å². The number of ether oxygens (including phenoxy) is 2. The summed E-state index contributed by atoms with van der Waals surface area (Å²) in [6, 6.07) is 9.72. The zero-order chi connectivity index (χ0) is 11.2. The van der Waals surface area contributed by atoms with Gasteiger partial charge in [0.15, 0.2) is 0 Å². The van der Waals surface area contributed by atoms with Gasteiger partial charge < -0.3 is 9.47 Å². The lowest BCUT2D eigenvalue weighted by molar-refractivity contribution is -0.145. The van der Waals surface area contributed by atoms with E-state index in [0.29, 0.717) is 19.1 Å². The van der Waals surface area contributed by atoms with Gasteiger partial charge in [-0.05, 0) is 18.4 Å². The zero-order valence-electron chi connectivity index (χ0n) is 9.22. The number of carbonyl (C=O) groups is 1. The molecule has 0 N–H and O–H groups in total. The van der Waals surface area contributed by atoms with Gasteiger partial charge in [0.2, 0.25) is 0 Å². The van der Waals surface area contributed by atoms with Crippen LogP contribution in [0.15, 0.2) is 30.3 Å². The molecule has 0 radical (unpaired) electrons. The molecule has 1 saturated heterocycles. The predicted molar refractivity (Wildman–Crippen MR) is 59.8 cm³/mol. The molecule has 1 aromatic rings. The van der Waals surface area contributed by atoms with Crippen molar-refractivity contribution in [3.8, 4) is 0 Å². The lowest BCUT2D eigenvalue weighted by atomic mass is 10.2. The van der Waals surface area contributed by atoms with Crippen molar-refractivity contribution < 1.29 is 14.3 Å². The van der Waals surface area contributed by atoms with Gasteiger partial charge in [-0.25, -0.2) is 0 Å². The Labute approximate surface area is 95.4 Å². The first kappa shape index (κ1) is 11.1. The molecule has 1 aliphatic rings. The maximum atomic E-state index is 11.4. The molecule has 1 aromatic carbocycles. The second kappa shape index (κ2) is 5.66. The first-order chi connectivity index (χ1) is 7.84. The van der Waals surface area contributed by atoms with Crippen LogP contribution in [0.2, 0.25) is 0 Å². The van der Waals surface area contributed by atoms with Gasteiger partial charge in [0.1, 0.15) is 6.61 Å². The lowest BCUT2D eigenvalue weighted by Gasteiger charge is -2.04. The summed E-state index contributed by atoms with van der Waals surface area (Å²) in [5.74, 6) is -0.121. The Morgan fingerprint density at radius 3 is 2.81 bits per heavy atom. The van der Waals surface area contributed by atoms with Crippen molar-refractivity contribution >= 4 is 5.97 Å². The zero-order valence-corrected chi connectivity index (χ0v) is 9.22. The average molecular weight is 220 g/mol. The molecule has 0 bridgehead atoms. The number of rotatable bonds is 6. The predicted octanol–water partition coefficient (Wildman–Crippen LogP) is 2.30. The second-order valence-corrected chi connectivity index (χ2v) is 3.99. The monoisotopic (exact) mass is 220 g/mol. The van der Waals surface area contributed by atoms with Gasteiger partial charge in [-0.2, -0.15) is 0 Å². The summed E-state index contributed by atoms with van der Waals surface area (Å²) in [6.45, 7) is 1.23. The van der Waals surface area contributed by atoms with Gasteiger partial charge >= 0.3 is 5.97 Å². The Bertz CT molecular complexity index is 330. The highest BCUT2D eigenvalue weighted by Crippen LogP contribution is 2.16. The van der Waals surface area contributed by atoms with Crippen molar-refractivity contribution in [2.24, 2.45) is 0 Å². The van der Waals surface area contributed by atoms with E-state index in [2.05, 4.69) is 0 Å². The number of hydrogen-bond acceptors (Lipinski definition) is 3. The molecular formula is C13H16O3. The number of carbonyl (C=O) groups excluding carboxylic acids is 1. The van der Waals surface area contributed by atoms with E-state index in [0.717, 1.165) is 25.0 Å². The molecular weight excluding hydrogens is 204 g/mol. The summed E-state index contributed by atoms with van der Waals surface area (Å²) >= 11 is 0. The van der Waals surface area contributed by atoms with Gasteiger partial charge in [-0.1, -0.05) is 30.3 Å². The summed E-state index contributed by atoms with van der Waals surface area (Å²) in [5.41, 5.74) is 1.03. The topological polar surface area (TPSA) is 38.8 Å². The fourth-order valence-electron chi connectivity index (χ4n) is 1.52. The van der Waals surface area contributed by atoms with Crippen LogP contribution in [-0.2, 0) is 20.9 Å². The fraction of sp³-hybridized carbons (Fsp3) is 0.462. The average Bonchev–Trinajstić information content (AvgIpc) is 3.12. The number of epoxide rings is 1. The Morgan fingerprint density at radius 1 is 1.38 bits per heavy atom. The molecule has 0 spiro atoms. The minimum atomic E-state index is -0.121. The van der Waals surface area contributed by atoms with E-state index in [9.17, 15) is 4.79 Å². The molecule has 0 unspecified atom stereocenters. The van der Waals surface area contributed by atoms with Crippen molar-refractivity contribution in [2.75, 3.05) is 6.61 Å². The summed E-state index contributed by atoms with van der Waals surface area (Å²) in [6.07, 6.45) is 2.73. The quantitative estimate of drug-likeness (QED) is 0.545. The molecule has 1 atom stereocenters. The molecule has 3 nitrogen and oxygen atoms in total. The Balaban J connectivity index is 1.59. The van der Waals surface area contributed by atoms with Crippen molar-refractivity contribution in [3.63, 3.8) is 0 Å². The third-order valence-electron chi connectivity index (χ3n) is 2.55. The maximum absolute atomic E-state index is 11.4. The summed E-state index contributed by atoms with van der Waals surface area (Å²) < 4.78 is 10.2. The van der Waals surface area contributed by atoms with E-state index < -0.39 is 0 Å². The molecule has 16 heavy (non-hydrogen) atoms. The highest BCUT2D eigenvalue weighted by molar-refractivity contribution is 5.69. The summed E-state index contributed by atoms with van der Waals surface area (Å²) in [4.78, 5) is 11.4. The minimum absolute atomic E-state index is 0.121. The Hall–Kier alpha value is -1.35. The van der Waals surface area contributed by atoms with E-state index in [1.54, 1.807) is 0 Å². The Kier molecular flexibility index (Phi) is 3.94. The highest BCUT2D eigenvalue weighted by Gasteiger charge is 2.21. The first-order valence-corrected chi connectivity index (χ1v) is 5.66. The van der Waals surface area contributed by atoms with Crippen molar-refractivity contribution in [1.82, 2.24) is 0 Å². The summed E-state index contributed by atoms with van der Waals surface area (Å²) in [7, 11) is 0. The van der Waals surface area contributed by atoms with Gasteiger partial charge in [-0.15, -0.1) is 0 Å².